The molecule has 0 saturated carbocycles. The number of rotatable bonds is 7. The van der Waals surface area contributed by atoms with E-state index in [0.29, 0.717) is 37.2 Å². The molecule has 0 bridgehead atoms. The number of hydrogen-bond acceptors (Lipinski definition) is 5. The number of hydrogen-bond donors (Lipinski definition) is 1. The highest BCUT2D eigenvalue weighted by Gasteiger charge is 2.38. The zero-order chi connectivity index (χ0) is 26.5. The Hall–Kier alpha value is -3.69. The molecule has 3 aromatic rings. The number of nitrogens with zero attached hydrogens (tertiary/aromatic N) is 2. The summed E-state index contributed by atoms with van der Waals surface area (Å²) < 4.78 is 33.4. The second kappa shape index (κ2) is 11.4. The molecule has 1 N–H and O–H groups in total. The lowest BCUT2D eigenvalue weighted by Gasteiger charge is -2.38. The highest BCUT2D eigenvalue weighted by atomic mass is 32.2. The number of sulfonamides is 1. The molecule has 1 saturated heterocycles. The van der Waals surface area contributed by atoms with Gasteiger partial charge in [0.2, 0.25) is 15.9 Å². The predicted octanol–water partition coefficient (Wildman–Crippen LogP) is 3.24. The zero-order valence-corrected chi connectivity index (χ0v) is 21.8. The van der Waals surface area contributed by atoms with E-state index >= 15 is 0 Å². The maximum atomic E-state index is 13.7. The summed E-state index contributed by atoms with van der Waals surface area (Å²) in [4.78, 5) is 28.6. The number of piperidine rings is 1. The van der Waals surface area contributed by atoms with Crippen molar-refractivity contribution < 1.29 is 22.7 Å². The topological polar surface area (TPSA) is 96.0 Å². The smallest absolute Gasteiger partial charge is 0.262 e. The molecule has 3 aromatic carbocycles. The Morgan fingerprint density at radius 1 is 0.868 bits per heavy atom. The number of ether oxygens (including phenoxy) is 1. The minimum absolute atomic E-state index is 0.107. The Morgan fingerprint density at radius 3 is 2.21 bits per heavy atom. The second-order valence-electron chi connectivity index (χ2n) is 9.54. The predicted molar refractivity (Wildman–Crippen MR) is 144 cm³/mol. The van der Waals surface area contributed by atoms with Gasteiger partial charge in [0.05, 0.1) is 17.1 Å². The van der Waals surface area contributed by atoms with Crippen molar-refractivity contribution in [2.24, 2.45) is 5.92 Å². The molecule has 0 aromatic heterocycles. The fourth-order valence-corrected chi connectivity index (χ4v) is 6.46. The first-order chi connectivity index (χ1) is 18.4. The van der Waals surface area contributed by atoms with Gasteiger partial charge in [-0.05, 0) is 49.1 Å². The first-order valence-corrected chi connectivity index (χ1v) is 14.3. The van der Waals surface area contributed by atoms with Gasteiger partial charge in [-0.3, -0.25) is 9.59 Å². The third-order valence-corrected chi connectivity index (χ3v) is 8.98. The van der Waals surface area contributed by atoms with E-state index in [1.165, 1.54) is 4.31 Å². The van der Waals surface area contributed by atoms with Gasteiger partial charge in [0.15, 0.2) is 6.10 Å². The molecule has 2 amide bonds. The lowest BCUT2D eigenvalue weighted by atomic mass is 9.95. The molecule has 38 heavy (non-hydrogen) atoms. The number of anilines is 1. The minimum Gasteiger partial charge on any atom is -0.477 e. The van der Waals surface area contributed by atoms with Gasteiger partial charge in [-0.25, -0.2) is 8.42 Å². The van der Waals surface area contributed by atoms with Crippen molar-refractivity contribution >= 4 is 27.5 Å². The molecule has 2 aliphatic rings. The number of carbonyl (C=O) groups excluding carboxylic acids is 2. The van der Waals surface area contributed by atoms with Crippen molar-refractivity contribution in [2.75, 3.05) is 31.1 Å². The first-order valence-electron chi connectivity index (χ1n) is 12.9. The molecular weight excluding hydrogens is 502 g/mol. The zero-order valence-electron chi connectivity index (χ0n) is 21.0. The Kier molecular flexibility index (Phi) is 7.76. The third-order valence-electron chi connectivity index (χ3n) is 7.07. The molecule has 8 nitrogen and oxygen atoms in total. The number of benzene rings is 3. The number of amides is 2. The maximum Gasteiger partial charge on any atom is 0.262 e. The molecule has 198 valence electrons. The van der Waals surface area contributed by atoms with Crippen molar-refractivity contribution in [3.8, 4) is 5.75 Å². The van der Waals surface area contributed by atoms with Crippen LogP contribution in [-0.2, 0) is 26.0 Å². The van der Waals surface area contributed by atoms with E-state index in [2.05, 4.69) is 5.32 Å². The Labute approximate surface area is 223 Å². The lowest BCUT2D eigenvalue weighted by molar-refractivity contribution is -0.129. The van der Waals surface area contributed by atoms with Gasteiger partial charge in [-0.15, -0.1) is 0 Å². The van der Waals surface area contributed by atoms with Gasteiger partial charge < -0.3 is 15.0 Å². The van der Waals surface area contributed by atoms with Crippen LogP contribution in [0.4, 0.5) is 5.69 Å². The van der Waals surface area contributed by atoms with Gasteiger partial charge in [-0.1, -0.05) is 60.7 Å². The molecule has 5 rings (SSSR count). The van der Waals surface area contributed by atoms with Gasteiger partial charge in [0.25, 0.3) is 5.91 Å². The molecule has 1 fully saturated rings. The van der Waals surface area contributed by atoms with Crippen LogP contribution in [0.5, 0.6) is 5.75 Å². The molecule has 0 unspecified atom stereocenters. The molecule has 0 radical (unpaired) electrons. The molecule has 2 heterocycles. The van der Waals surface area contributed by atoms with Crippen LogP contribution in [0.15, 0.2) is 89.8 Å². The summed E-state index contributed by atoms with van der Waals surface area (Å²) in [7, 11) is -3.60. The van der Waals surface area contributed by atoms with Gasteiger partial charge in [0, 0.05) is 25.6 Å². The number of carbonyl (C=O) groups is 2. The summed E-state index contributed by atoms with van der Waals surface area (Å²) in [6.07, 6.45) is 0.697. The molecule has 0 spiro atoms. The van der Waals surface area contributed by atoms with Crippen molar-refractivity contribution in [2.45, 2.75) is 30.3 Å². The quantitative estimate of drug-likeness (QED) is 0.503. The van der Waals surface area contributed by atoms with E-state index in [1.54, 1.807) is 41.3 Å². The standard InChI is InChI=1S/C29H31N3O5S/c33-28(30-18-15-22-9-3-1-4-10-22)27-21-32(25-13-7-8-14-26(25)37-27)29(34)23-16-19-31(20-17-23)38(35,36)24-11-5-2-6-12-24/h1-14,23,27H,15-21H2,(H,30,33)/t27-/m0/s1. The van der Waals surface area contributed by atoms with Gasteiger partial charge in [0.1, 0.15) is 5.75 Å². The van der Waals surface area contributed by atoms with Crippen LogP contribution in [-0.4, -0.2) is 56.8 Å². The average Bonchev–Trinajstić information content (AvgIpc) is 2.97. The number of fused-ring (bicyclic) bond motifs is 1. The van der Waals surface area contributed by atoms with E-state index in [0.717, 1.165) is 5.56 Å². The largest absolute Gasteiger partial charge is 0.477 e. The van der Waals surface area contributed by atoms with Crippen LogP contribution < -0.4 is 15.0 Å². The minimum atomic E-state index is -3.60. The highest BCUT2D eigenvalue weighted by molar-refractivity contribution is 7.89. The Balaban J connectivity index is 1.24. The summed E-state index contributed by atoms with van der Waals surface area (Å²) in [5, 5.41) is 2.93. The molecule has 9 heteroatoms. The molecular formula is C29H31N3O5S. The van der Waals surface area contributed by atoms with Crippen LogP contribution in [0.3, 0.4) is 0 Å². The van der Waals surface area contributed by atoms with E-state index in [1.807, 2.05) is 48.5 Å². The van der Waals surface area contributed by atoms with E-state index in [9.17, 15) is 18.0 Å². The van der Waals surface area contributed by atoms with Gasteiger partial charge in [-0.2, -0.15) is 4.31 Å². The van der Waals surface area contributed by atoms with E-state index in [-0.39, 0.29) is 42.3 Å². The number of para-hydroxylation sites is 2. The molecule has 2 aliphatic heterocycles. The molecule has 1 atom stereocenters. The van der Waals surface area contributed by atoms with Crippen LogP contribution in [0.1, 0.15) is 18.4 Å². The highest BCUT2D eigenvalue weighted by Crippen LogP contribution is 2.35. The monoisotopic (exact) mass is 533 g/mol. The normalized spacial score (nSPS) is 18.3. The Morgan fingerprint density at radius 2 is 1.50 bits per heavy atom. The van der Waals surface area contributed by atoms with E-state index in [4.69, 9.17) is 4.74 Å². The fraction of sp³-hybridized carbons (Fsp3) is 0.310. The average molecular weight is 534 g/mol. The summed E-state index contributed by atoms with van der Waals surface area (Å²) in [6, 6.07) is 25.5. The summed E-state index contributed by atoms with van der Waals surface area (Å²) >= 11 is 0. The summed E-state index contributed by atoms with van der Waals surface area (Å²) in [5.41, 5.74) is 1.75. The van der Waals surface area contributed by atoms with Gasteiger partial charge >= 0.3 is 0 Å². The van der Waals surface area contributed by atoms with Crippen LogP contribution in [0.2, 0.25) is 0 Å². The maximum absolute atomic E-state index is 13.7. The SMILES string of the molecule is O=C(NCCc1ccccc1)[C@@H]1CN(C(=O)C2CCN(S(=O)(=O)c3ccccc3)CC2)c2ccccc2O1. The fourth-order valence-electron chi connectivity index (χ4n) is 4.97. The Bertz CT molecular complexity index is 1370. The third kappa shape index (κ3) is 5.58. The van der Waals surface area contributed by atoms with Crippen molar-refractivity contribution in [3.05, 3.63) is 90.5 Å². The second-order valence-corrected chi connectivity index (χ2v) is 11.5. The first kappa shape index (κ1) is 25.9. The van der Waals surface area contributed by atoms with Crippen molar-refractivity contribution in [1.29, 1.82) is 0 Å². The summed E-state index contributed by atoms with van der Waals surface area (Å²) in [5.74, 6) is -0.235. The van der Waals surface area contributed by atoms with Crippen LogP contribution in [0, 0.1) is 5.92 Å². The van der Waals surface area contributed by atoms with Crippen LogP contribution in [0.25, 0.3) is 0 Å². The van der Waals surface area contributed by atoms with E-state index < -0.39 is 16.1 Å². The molecule has 0 aliphatic carbocycles. The van der Waals surface area contributed by atoms with Crippen molar-refractivity contribution in [1.82, 2.24) is 9.62 Å². The lowest BCUT2D eigenvalue weighted by Crippen LogP contribution is -2.53. The van der Waals surface area contributed by atoms with Crippen LogP contribution >= 0.6 is 0 Å². The van der Waals surface area contributed by atoms with Crippen molar-refractivity contribution in [3.63, 3.8) is 0 Å². The summed E-state index contributed by atoms with van der Waals surface area (Å²) in [6.45, 7) is 1.11. The number of nitrogens with one attached hydrogen (secondary N) is 1.